The molecule has 0 amide bonds. The number of esters is 1. The molecule has 0 saturated carbocycles. The molecule has 0 fully saturated rings. The van der Waals surface area contributed by atoms with E-state index in [1.807, 2.05) is 18.4 Å². The second kappa shape index (κ2) is 4.12. The number of aryl methyl sites for hydroxylation is 1. The van der Waals surface area contributed by atoms with Crippen LogP contribution in [0, 0.1) is 18.3 Å². The topological polar surface area (TPSA) is 39.4 Å². The average Bonchev–Trinajstić information content (AvgIpc) is 2.74. The van der Waals surface area contributed by atoms with Crippen molar-refractivity contribution in [1.82, 2.24) is 0 Å². The van der Waals surface area contributed by atoms with E-state index < -0.39 is 0 Å². The number of hydrogen-bond acceptors (Lipinski definition) is 3. The second-order valence-electron chi connectivity index (χ2n) is 5.73. The number of rotatable bonds is 1. The zero-order valence-corrected chi connectivity index (χ0v) is 11.5. The fourth-order valence-electron chi connectivity index (χ4n) is 3.31. The third-order valence-corrected chi connectivity index (χ3v) is 4.49. The van der Waals surface area contributed by atoms with Crippen LogP contribution in [0.3, 0.4) is 0 Å². The molecule has 1 heterocycles. The zero-order chi connectivity index (χ0) is 13.6. The Morgan fingerprint density at radius 2 is 2.32 bits per heavy atom. The lowest BCUT2D eigenvalue weighted by Gasteiger charge is -2.41. The van der Waals surface area contributed by atoms with Gasteiger partial charge in [-0.2, -0.15) is 0 Å². The Balaban J connectivity index is 2.05. The maximum Gasteiger partial charge on any atom is 0.334 e. The summed E-state index contributed by atoms with van der Waals surface area (Å²) < 4.78 is 10.6. The Kier molecular flexibility index (Phi) is 2.66. The van der Waals surface area contributed by atoms with Crippen LogP contribution in [0.25, 0.3) is 0 Å². The van der Waals surface area contributed by atoms with E-state index in [9.17, 15) is 4.79 Å². The molecule has 0 radical (unpaired) electrons. The molecule has 2 aliphatic carbocycles. The molecule has 0 bridgehead atoms. The number of ether oxygens (including phenoxy) is 1. The molecular weight excluding hydrogens is 240 g/mol. The lowest BCUT2D eigenvalue weighted by Crippen LogP contribution is -2.38. The summed E-state index contributed by atoms with van der Waals surface area (Å²) in [6, 6.07) is 0. The number of furan rings is 1. The van der Waals surface area contributed by atoms with E-state index in [4.69, 9.17) is 9.15 Å². The molecule has 1 aromatic heterocycles. The minimum absolute atomic E-state index is 0.0600. The van der Waals surface area contributed by atoms with Crippen molar-refractivity contribution in [2.45, 2.75) is 26.7 Å². The molecule has 3 rings (SSSR count). The third-order valence-electron chi connectivity index (χ3n) is 4.49. The van der Waals surface area contributed by atoms with Crippen molar-refractivity contribution in [1.29, 1.82) is 0 Å². The van der Waals surface area contributed by atoms with Gasteiger partial charge in [-0.1, -0.05) is 25.2 Å². The molecule has 2 atom stereocenters. The molecule has 3 nitrogen and oxygen atoms in total. The molecule has 0 aliphatic heterocycles. The van der Waals surface area contributed by atoms with Crippen LogP contribution in [0.2, 0.25) is 0 Å². The summed E-state index contributed by atoms with van der Waals surface area (Å²) in [4.78, 5) is 12.0. The summed E-state index contributed by atoms with van der Waals surface area (Å²) in [5.74, 6) is 1.02. The van der Waals surface area contributed by atoms with E-state index in [1.165, 1.54) is 18.2 Å². The maximum absolute atomic E-state index is 12.0. The first-order valence-corrected chi connectivity index (χ1v) is 6.59. The second-order valence-corrected chi connectivity index (χ2v) is 5.73. The van der Waals surface area contributed by atoms with Gasteiger partial charge in [0.2, 0.25) is 0 Å². The van der Waals surface area contributed by atoms with Crippen LogP contribution in [-0.2, 0) is 22.4 Å². The molecule has 0 saturated heterocycles. The van der Waals surface area contributed by atoms with Crippen LogP contribution in [0.1, 0.15) is 23.8 Å². The van der Waals surface area contributed by atoms with Gasteiger partial charge in [-0.15, -0.1) is 0 Å². The minimum Gasteiger partial charge on any atom is -0.469 e. The molecule has 0 aromatic carbocycles. The summed E-state index contributed by atoms with van der Waals surface area (Å²) in [5.41, 5.74) is 3.15. The Hall–Kier alpha value is -1.77. The summed E-state index contributed by atoms with van der Waals surface area (Å²) in [6.45, 7) is 4.25. The molecule has 3 heteroatoms. The van der Waals surface area contributed by atoms with Gasteiger partial charge in [0.25, 0.3) is 0 Å². The van der Waals surface area contributed by atoms with Crippen molar-refractivity contribution in [3.63, 3.8) is 0 Å². The highest BCUT2D eigenvalue weighted by atomic mass is 16.5. The van der Waals surface area contributed by atoms with Gasteiger partial charge in [0.05, 0.1) is 13.4 Å². The van der Waals surface area contributed by atoms with Crippen molar-refractivity contribution in [2.24, 2.45) is 11.3 Å². The van der Waals surface area contributed by atoms with E-state index in [1.54, 1.807) is 0 Å². The first kappa shape index (κ1) is 12.3. The summed E-state index contributed by atoms with van der Waals surface area (Å²) >= 11 is 0. The van der Waals surface area contributed by atoms with Crippen molar-refractivity contribution in [3.05, 3.63) is 47.0 Å². The van der Waals surface area contributed by atoms with Crippen LogP contribution < -0.4 is 0 Å². The lowest BCUT2D eigenvalue weighted by atomic mass is 9.62. The van der Waals surface area contributed by atoms with Gasteiger partial charge in [0, 0.05) is 23.3 Å². The maximum atomic E-state index is 12.0. The molecular formula is C16H18O3. The Morgan fingerprint density at radius 3 is 3.05 bits per heavy atom. The first-order valence-electron chi connectivity index (χ1n) is 6.59. The van der Waals surface area contributed by atoms with Gasteiger partial charge in [0.1, 0.15) is 5.76 Å². The van der Waals surface area contributed by atoms with Crippen LogP contribution in [0.4, 0.5) is 0 Å². The SMILES string of the molecule is COC(=O)C1=CC=C[C@@]2(C)Cc3occ(C)c3C[C@@H]12. The van der Waals surface area contributed by atoms with E-state index in [0.29, 0.717) is 0 Å². The van der Waals surface area contributed by atoms with Crippen molar-refractivity contribution in [3.8, 4) is 0 Å². The number of methoxy groups -OCH3 is 1. The van der Waals surface area contributed by atoms with Crippen LogP contribution >= 0.6 is 0 Å². The summed E-state index contributed by atoms with van der Waals surface area (Å²) in [6.07, 6.45) is 9.54. The van der Waals surface area contributed by atoms with Gasteiger partial charge < -0.3 is 9.15 Å². The number of fused-ring (bicyclic) bond motifs is 2. The standard InChI is InChI=1S/C16H18O3/c1-10-9-19-14-8-16(2)6-4-5-11(15(17)18-3)13(16)7-12(10)14/h4-6,9,13H,7-8H2,1-3H3/t13-,16-/m0/s1. The van der Waals surface area contributed by atoms with Gasteiger partial charge in [0.15, 0.2) is 0 Å². The highest BCUT2D eigenvalue weighted by molar-refractivity contribution is 5.90. The monoisotopic (exact) mass is 258 g/mol. The lowest BCUT2D eigenvalue weighted by molar-refractivity contribution is -0.137. The van der Waals surface area contributed by atoms with Crippen molar-refractivity contribution >= 4 is 5.97 Å². The highest BCUT2D eigenvalue weighted by Crippen LogP contribution is 2.47. The number of hydrogen-bond donors (Lipinski definition) is 0. The van der Waals surface area contributed by atoms with Crippen LogP contribution in [0.5, 0.6) is 0 Å². The molecule has 19 heavy (non-hydrogen) atoms. The first-order chi connectivity index (χ1) is 9.05. The van der Waals surface area contributed by atoms with Crippen molar-refractivity contribution < 1.29 is 13.9 Å². The van der Waals surface area contributed by atoms with Gasteiger partial charge in [-0.25, -0.2) is 4.79 Å². The zero-order valence-electron chi connectivity index (χ0n) is 11.5. The highest BCUT2D eigenvalue weighted by Gasteiger charge is 2.44. The molecule has 0 spiro atoms. The molecule has 2 aliphatic rings. The molecule has 100 valence electrons. The van der Waals surface area contributed by atoms with E-state index in [-0.39, 0.29) is 17.3 Å². The molecule has 0 unspecified atom stereocenters. The van der Waals surface area contributed by atoms with E-state index in [0.717, 1.165) is 24.2 Å². The normalized spacial score (nSPS) is 28.4. The van der Waals surface area contributed by atoms with Crippen molar-refractivity contribution in [2.75, 3.05) is 7.11 Å². The Labute approximate surface area is 112 Å². The predicted molar refractivity (Wildman–Crippen MR) is 71.7 cm³/mol. The molecule has 0 N–H and O–H groups in total. The van der Waals surface area contributed by atoms with Crippen LogP contribution in [0.15, 0.2) is 34.5 Å². The Morgan fingerprint density at radius 1 is 1.53 bits per heavy atom. The number of carbonyl (C=O) groups is 1. The smallest absolute Gasteiger partial charge is 0.334 e. The predicted octanol–water partition coefficient (Wildman–Crippen LogP) is 2.98. The number of carbonyl (C=O) groups excluding carboxylic acids is 1. The fourth-order valence-corrected chi connectivity index (χ4v) is 3.31. The van der Waals surface area contributed by atoms with Gasteiger partial charge in [-0.05, 0) is 24.5 Å². The fraction of sp³-hybridized carbons (Fsp3) is 0.438. The van der Waals surface area contributed by atoms with E-state index >= 15 is 0 Å². The largest absolute Gasteiger partial charge is 0.469 e. The average molecular weight is 258 g/mol. The molecule has 1 aromatic rings. The van der Waals surface area contributed by atoms with Crippen LogP contribution in [-0.4, -0.2) is 13.1 Å². The Bertz CT molecular complexity index is 591. The summed E-state index contributed by atoms with van der Waals surface area (Å²) in [7, 11) is 1.44. The summed E-state index contributed by atoms with van der Waals surface area (Å²) in [5, 5.41) is 0. The minimum atomic E-state index is -0.217. The quantitative estimate of drug-likeness (QED) is 0.727. The van der Waals surface area contributed by atoms with Gasteiger partial charge >= 0.3 is 5.97 Å². The third kappa shape index (κ3) is 1.76. The van der Waals surface area contributed by atoms with Gasteiger partial charge in [-0.3, -0.25) is 0 Å². The van der Waals surface area contributed by atoms with E-state index in [2.05, 4.69) is 19.9 Å². The number of allylic oxidation sites excluding steroid dienone is 3.